The average molecular weight is 396 g/mol. The minimum atomic E-state index is -4.48. The molecule has 0 saturated carbocycles. The number of aryl methyl sites for hydroxylation is 1. The molecule has 2 aromatic carbocycles. The molecule has 2 aromatic heterocycles. The van der Waals surface area contributed by atoms with Crippen LogP contribution in [0.5, 0.6) is 0 Å². The molecule has 134 valence electrons. The second-order valence-corrected chi connectivity index (χ2v) is 8.80. The lowest BCUT2D eigenvalue weighted by molar-refractivity contribution is -0.137. The maximum atomic E-state index is 13.0. The van der Waals surface area contributed by atoms with E-state index in [-0.39, 0.29) is 15.8 Å². The fraction of sp³-hybridized carbons (Fsp3) is 0.118. The Labute approximate surface area is 150 Å². The smallest absolute Gasteiger partial charge is 0.242 e. The van der Waals surface area contributed by atoms with Crippen molar-refractivity contribution in [1.29, 1.82) is 0 Å². The zero-order chi connectivity index (χ0) is 18.7. The normalized spacial score (nSPS) is 12.9. The molecule has 0 aliphatic heterocycles. The highest BCUT2D eigenvalue weighted by atomic mass is 32.2. The van der Waals surface area contributed by atoms with Crippen molar-refractivity contribution in [1.82, 2.24) is 8.96 Å². The maximum Gasteiger partial charge on any atom is 0.416 e. The van der Waals surface area contributed by atoms with E-state index in [1.54, 1.807) is 6.07 Å². The number of rotatable bonds is 2. The minimum Gasteiger partial charge on any atom is -0.242 e. The molecule has 0 unspecified atom stereocenters. The molecule has 4 aromatic rings. The number of nitrogens with zero attached hydrogens (tertiary/aromatic N) is 2. The fourth-order valence-corrected chi connectivity index (χ4v) is 5.12. The van der Waals surface area contributed by atoms with E-state index in [0.717, 1.165) is 25.8 Å². The van der Waals surface area contributed by atoms with Gasteiger partial charge in [0.05, 0.1) is 31.2 Å². The standard InChI is InChI=1S/C17H11F3N2O2S2/c1-10-21-14-4-3-13(9-16(14)25-10)26(23,24)22-7-6-11-8-12(17(18,19)20)2-5-15(11)22/h2-9H,1H3. The third-order valence-corrected chi connectivity index (χ3v) is 6.62. The molecule has 4 rings (SSSR count). The highest BCUT2D eigenvalue weighted by Crippen LogP contribution is 2.33. The molecular weight excluding hydrogens is 385 g/mol. The fourth-order valence-electron chi connectivity index (χ4n) is 2.80. The molecule has 0 bridgehead atoms. The monoisotopic (exact) mass is 396 g/mol. The van der Waals surface area contributed by atoms with Gasteiger partial charge < -0.3 is 0 Å². The van der Waals surface area contributed by atoms with Crippen LogP contribution < -0.4 is 0 Å². The highest BCUT2D eigenvalue weighted by Gasteiger charge is 2.31. The van der Waals surface area contributed by atoms with E-state index < -0.39 is 21.8 Å². The van der Waals surface area contributed by atoms with Crippen molar-refractivity contribution in [2.24, 2.45) is 0 Å². The maximum absolute atomic E-state index is 13.0. The molecule has 0 fully saturated rings. The summed E-state index contributed by atoms with van der Waals surface area (Å²) in [5.74, 6) is 0. The van der Waals surface area contributed by atoms with E-state index in [1.165, 1.54) is 41.8 Å². The third kappa shape index (κ3) is 2.67. The molecule has 0 saturated heterocycles. The second kappa shape index (κ2) is 5.55. The van der Waals surface area contributed by atoms with Crippen LogP contribution in [0.25, 0.3) is 21.1 Å². The Hall–Kier alpha value is -2.39. The van der Waals surface area contributed by atoms with Gasteiger partial charge in [-0.1, -0.05) is 0 Å². The van der Waals surface area contributed by atoms with E-state index in [1.807, 2.05) is 6.92 Å². The minimum absolute atomic E-state index is 0.0612. The van der Waals surface area contributed by atoms with Gasteiger partial charge in [-0.25, -0.2) is 17.4 Å². The topological polar surface area (TPSA) is 52.0 Å². The quantitative estimate of drug-likeness (QED) is 0.488. The van der Waals surface area contributed by atoms with Gasteiger partial charge in [0.25, 0.3) is 10.0 Å². The van der Waals surface area contributed by atoms with Crippen LogP contribution in [-0.2, 0) is 16.2 Å². The van der Waals surface area contributed by atoms with Gasteiger partial charge in [0.2, 0.25) is 0 Å². The van der Waals surface area contributed by atoms with Crippen LogP contribution in [0.4, 0.5) is 13.2 Å². The first-order valence-electron chi connectivity index (χ1n) is 7.47. The molecule has 4 nitrogen and oxygen atoms in total. The van der Waals surface area contributed by atoms with Gasteiger partial charge in [-0.05, 0) is 49.4 Å². The Bertz CT molecular complexity index is 1250. The second-order valence-electron chi connectivity index (χ2n) is 5.75. The lowest BCUT2D eigenvalue weighted by atomic mass is 10.1. The molecular formula is C17H11F3N2O2S2. The van der Waals surface area contributed by atoms with Gasteiger partial charge in [0.15, 0.2) is 0 Å². The number of halogens is 3. The van der Waals surface area contributed by atoms with E-state index in [0.29, 0.717) is 5.52 Å². The van der Waals surface area contributed by atoms with Crippen molar-refractivity contribution in [3.8, 4) is 0 Å². The number of alkyl halides is 3. The van der Waals surface area contributed by atoms with Crippen molar-refractivity contribution in [3.05, 3.63) is 59.2 Å². The SMILES string of the molecule is Cc1nc2ccc(S(=O)(=O)n3ccc4cc(C(F)(F)F)ccc43)cc2s1. The number of fused-ring (bicyclic) bond motifs is 2. The summed E-state index contributed by atoms with van der Waals surface area (Å²) >= 11 is 1.38. The molecule has 2 heterocycles. The van der Waals surface area contributed by atoms with E-state index in [4.69, 9.17) is 0 Å². The van der Waals surface area contributed by atoms with Gasteiger partial charge in [0.1, 0.15) is 0 Å². The van der Waals surface area contributed by atoms with Crippen LogP contribution in [0.3, 0.4) is 0 Å². The predicted molar refractivity (Wildman–Crippen MR) is 93.9 cm³/mol. The van der Waals surface area contributed by atoms with Crippen LogP contribution in [0.2, 0.25) is 0 Å². The van der Waals surface area contributed by atoms with Crippen LogP contribution in [0, 0.1) is 6.92 Å². The molecule has 26 heavy (non-hydrogen) atoms. The Kier molecular flexibility index (Phi) is 3.64. The summed E-state index contributed by atoms with van der Waals surface area (Å²) in [6, 6.07) is 8.96. The molecule has 0 amide bonds. The van der Waals surface area contributed by atoms with Crippen molar-refractivity contribution >= 4 is 42.5 Å². The zero-order valence-electron chi connectivity index (χ0n) is 13.3. The van der Waals surface area contributed by atoms with Gasteiger partial charge in [-0.3, -0.25) is 0 Å². The van der Waals surface area contributed by atoms with Crippen LogP contribution in [-0.4, -0.2) is 17.4 Å². The first-order chi connectivity index (χ1) is 12.2. The summed E-state index contributed by atoms with van der Waals surface area (Å²) in [5, 5.41) is 1.03. The number of aromatic nitrogens is 2. The lowest BCUT2D eigenvalue weighted by Gasteiger charge is -2.09. The van der Waals surface area contributed by atoms with Crippen molar-refractivity contribution in [2.75, 3.05) is 0 Å². The first kappa shape index (κ1) is 17.0. The van der Waals surface area contributed by atoms with Gasteiger partial charge >= 0.3 is 6.18 Å². The number of thiazole rings is 1. The summed E-state index contributed by atoms with van der Waals surface area (Å²) in [4.78, 5) is 4.35. The van der Waals surface area contributed by atoms with Crippen molar-refractivity contribution in [2.45, 2.75) is 18.0 Å². The van der Waals surface area contributed by atoms with E-state index >= 15 is 0 Å². The van der Waals surface area contributed by atoms with E-state index in [2.05, 4.69) is 4.98 Å². The molecule has 0 aliphatic rings. The molecule has 0 aliphatic carbocycles. The first-order valence-corrected chi connectivity index (χ1v) is 9.73. The number of hydrogen-bond donors (Lipinski definition) is 0. The summed E-state index contributed by atoms with van der Waals surface area (Å²) in [6.45, 7) is 1.83. The Morgan fingerprint density at radius 1 is 1.08 bits per heavy atom. The van der Waals surface area contributed by atoms with Gasteiger partial charge in [-0.15, -0.1) is 11.3 Å². The molecule has 0 radical (unpaired) electrons. The zero-order valence-corrected chi connectivity index (χ0v) is 14.9. The Balaban J connectivity index is 1.86. The summed E-state index contributed by atoms with van der Waals surface area (Å²) in [6.07, 6.45) is -3.22. The summed E-state index contributed by atoms with van der Waals surface area (Å²) in [7, 11) is -3.94. The largest absolute Gasteiger partial charge is 0.416 e. The van der Waals surface area contributed by atoms with Crippen molar-refractivity contribution < 1.29 is 21.6 Å². The molecule has 0 N–H and O–H groups in total. The molecule has 0 atom stereocenters. The number of benzene rings is 2. The summed E-state index contributed by atoms with van der Waals surface area (Å²) < 4.78 is 66.2. The average Bonchev–Trinajstić information content (AvgIpc) is 3.14. The Morgan fingerprint density at radius 2 is 1.85 bits per heavy atom. The third-order valence-electron chi connectivity index (χ3n) is 4.01. The van der Waals surface area contributed by atoms with Crippen LogP contribution >= 0.6 is 11.3 Å². The lowest BCUT2D eigenvalue weighted by Crippen LogP contribution is -2.12. The summed E-state index contributed by atoms with van der Waals surface area (Å²) in [5.41, 5.74) is 0.0823. The van der Waals surface area contributed by atoms with Crippen LogP contribution in [0.1, 0.15) is 10.6 Å². The number of hydrogen-bond acceptors (Lipinski definition) is 4. The molecule has 9 heteroatoms. The highest BCUT2D eigenvalue weighted by molar-refractivity contribution is 7.90. The Morgan fingerprint density at radius 3 is 2.58 bits per heavy atom. The van der Waals surface area contributed by atoms with Gasteiger partial charge in [-0.2, -0.15) is 13.2 Å². The predicted octanol–water partition coefficient (Wildman–Crippen LogP) is 4.82. The van der Waals surface area contributed by atoms with Crippen LogP contribution in [0.15, 0.2) is 53.6 Å². The molecule has 0 spiro atoms. The van der Waals surface area contributed by atoms with Crippen molar-refractivity contribution in [3.63, 3.8) is 0 Å². The van der Waals surface area contributed by atoms with E-state index in [9.17, 15) is 21.6 Å². The van der Waals surface area contributed by atoms with Gasteiger partial charge in [0, 0.05) is 11.6 Å².